The monoisotopic (exact) mass is 522 g/mol. The summed E-state index contributed by atoms with van der Waals surface area (Å²) in [5, 5.41) is 12.3. The van der Waals surface area contributed by atoms with Crippen molar-refractivity contribution in [2.75, 3.05) is 33.9 Å². The van der Waals surface area contributed by atoms with E-state index in [0.717, 1.165) is 17.6 Å². The fraction of sp³-hybridized carbons (Fsp3) is 0.690. The minimum atomic E-state index is -0.708. The lowest BCUT2D eigenvalue weighted by atomic mass is 10.0. The quantitative estimate of drug-likeness (QED) is 0.311. The Hall–Kier alpha value is -2.45. The Kier molecular flexibility index (Phi) is 19.2. The summed E-state index contributed by atoms with van der Waals surface area (Å²) in [6, 6.07) is 6.97. The minimum Gasteiger partial charge on any atom is -0.493 e. The van der Waals surface area contributed by atoms with E-state index in [4.69, 9.17) is 4.74 Å². The number of rotatable bonds is 12. The second-order valence-electron chi connectivity index (χ2n) is 9.71. The zero-order valence-corrected chi connectivity index (χ0v) is 23.9. The topological polar surface area (TPSA) is 105 Å². The van der Waals surface area contributed by atoms with Crippen LogP contribution < -0.4 is 10.1 Å². The van der Waals surface area contributed by atoms with Gasteiger partial charge < -0.3 is 29.6 Å². The maximum atomic E-state index is 11.7. The summed E-state index contributed by atoms with van der Waals surface area (Å²) in [5.74, 6) is 0.296. The van der Waals surface area contributed by atoms with Gasteiger partial charge in [-0.25, -0.2) is 4.79 Å². The van der Waals surface area contributed by atoms with Crippen LogP contribution in [0.5, 0.6) is 5.75 Å². The summed E-state index contributed by atoms with van der Waals surface area (Å²) in [7, 11) is 3.03. The molecule has 8 heteroatoms. The molecule has 0 aliphatic heterocycles. The van der Waals surface area contributed by atoms with E-state index in [1.54, 1.807) is 20.9 Å². The van der Waals surface area contributed by atoms with E-state index in [9.17, 15) is 19.5 Å². The van der Waals surface area contributed by atoms with Gasteiger partial charge in [0.05, 0.1) is 25.9 Å². The highest BCUT2D eigenvalue weighted by atomic mass is 16.5. The summed E-state index contributed by atoms with van der Waals surface area (Å²) in [6.45, 7) is 8.41. The van der Waals surface area contributed by atoms with Crippen LogP contribution >= 0.6 is 0 Å². The number of nitrogens with zero attached hydrogens (tertiary/aromatic N) is 1. The predicted molar refractivity (Wildman–Crippen MR) is 148 cm³/mol. The first kappa shape index (κ1) is 34.6. The standard InChI is InChI=1S/C13H18O3.C10H20N2O3.C6H12/c1-13(2,15)7-9-16-12-5-3-4-11(10-12)6-8-14;1-5-8(10(14)15-4)12(6-2)9(13)7-11-3;1-2-4-6-5-3-1/h3-5,8,10,15H,6-7,9H2,1-2H3;8,11H,5-7H2,1-4H3;1-6H2. The smallest absolute Gasteiger partial charge is 0.328 e. The van der Waals surface area contributed by atoms with Crippen LogP contribution in [-0.4, -0.2) is 73.7 Å². The fourth-order valence-electron chi connectivity index (χ4n) is 3.81. The largest absolute Gasteiger partial charge is 0.493 e. The first-order chi connectivity index (χ1) is 17.6. The van der Waals surface area contributed by atoms with Gasteiger partial charge in [-0.1, -0.05) is 57.6 Å². The molecule has 0 aromatic heterocycles. The van der Waals surface area contributed by atoms with Gasteiger partial charge >= 0.3 is 5.97 Å². The van der Waals surface area contributed by atoms with Crippen molar-refractivity contribution in [1.29, 1.82) is 0 Å². The van der Waals surface area contributed by atoms with Crippen molar-refractivity contribution >= 4 is 18.2 Å². The van der Waals surface area contributed by atoms with Crippen molar-refractivity contribution in [3.63, 3.8) is 0 Å². The number of carbonyl (C=O) groups excluding carboxylic acids is 3. The molecule has 1 amide bonds. The Bertz CT molecular complexity index is 747. The number of ether oxygens (including phenoxy) is 2. The first-order valence-electron chi connectivity index (χ1n) is 13.5. The van der Waals surface area contributed by atoms with E-state index in [1.807, 2.05) is 38.1 Å². The predicted octanol–water partition coefficient (Wildman–Crippen LogP) is 4.31. The van der Waals surface area contributed by atoms with Crippen molar-refractivity contribution < 1.29 is 29.0 Å². The number of aldehydes is 1. The van der Waals surface area contributed by atoms with Crippen LogP contribution in [0.15, 0.2) is 24.3 Å². The molecule has 0 spiro atoms. The Morgan fingerprint density at radius 3 is 2.16 bits per heavy atom. The Morgan fingerprint density at radius 2 is 1.73 bits per heavy atom. The first-order valence-corrected chi connectivity index (χ1v) is 13.5. The molecular weight excluding hydrogens is 472 g/mol. The third kappa shape index (κ3) is 16.8. The number of methoxy groups -OCH3 is 1. The maximum absolute atomic E-state index is 11.7. The highest BCUT2D eigenvalue weighted by molar-refractivity contribution is 5.85. The summed E-state index contributed by atoms with van der Waals surface area (Å²) in [5.41, 5.74) is 0.233. The number of amides is 1. The molecule has 1 unspecified atom stereocenters. The molecule has 2 rings (SSSR count). The van der Waals surface area contributed by atoms with Gasteiger partial charge in [-0.2, -0.15) is 0 Å². The molecule has 0 saturated heterocycles. The van der Waals surface area contributed by atoms with E-state index < -0.39 is 11.6 Å². The highest BCUT2D eigenvalue weighted by Gasteiger charge is 2.27. The fourth-order valence-corrected chi connectivity index (χ4v) is 3.81. The van der Waals surface area contributed by atoms with Crippen LogP contribution in [0.2, 0.25) is 0 Å². The molecule has 212 valence electrons. The Labute approximate surface area is 224 Å². The average Bonchev–Trinajstić information content (AvgIpc) is 2.88. The Morgan fingerprint density at radius 1 is 1.14 bits per heavy atom. The number of likely N-dealkylation sites (N-methyl/N-ethyl adjacent to an activating group) is 2. The minimum absolute atomic E-state index is 0.0859. The molecule has 0 radical (unpaired) electrons. The lowest BCUT2D eigenvalue weighted by molar-refractivity contribution is -0.152. The normalized spacial score (nSPS) is 13.6. The number of nitrogens with one attached hydrogen (secondary N) is 1. The van der Waals surface area contributed by atoms with E-state index in [-0.39, 0.29) is 18.4 Å². The average molecular weight is 523 g/mol. The van der Waals surface area contributed by atoms with Crippen molar-refractivity contribution in [1.82, 2.24) is 10.2 Å². The van der Waals surface area contributed by atoms with Crippen LogP contribution in [0.1, 0.15) is 84.6 Å². The molecule has 1 atom stereocenters. The molecule has 8 nitrogen and oxygen atoms in total. The molecule has 1 saturated carbocycles. The number of hydrogen-bond donors (Lipinski definition) is 2. The van der Waals surface area contributed by atoms with E-state index in [1.165, 1.54) is 50.5 Å². The zero-order chi connectivity index (χ0) is 28.1. The van der Waals surface area contributed by atoms with Crippen LogP contribution in [0, 0.1) is 0 Å². The molecule has 1 aliphatic carbocycles. The highest BCUT2D eigenvalue weighted by Crippen LogP contribution is 2.16. The molecular formula is C29H50N2O6. The van der Waals surface area contributed by atoms with Gasteiger partial charge in [0, 0.05) is 19.4 Å². The SMILES string of the molecule is C1CCCCC1.CC(C)(O)CCOc1cccc(CC=O)c1.CCC(C(=O)OC)N(CC)C(=O)CNC. The van der Waals surface area contributed by atoms with Gasteiger partial charge in [0.25, 0.3) is 0 Å². The van der Waals surface area contributed by atoms with Gasteiger partial charge in [0.1, 0.15) is 18.1 Å². The van der Waals surface area contributed by atoms with E-state index >= 15 is 0 Å². The van der Waals surface area contributed by atoms with Crippen LogP contribution in [-0.2, 0) is 25.5 Å². The Balaban J connectivity index is 0.000000573. The van der Waals surface area contributed by atoms with Crippen molar-refractivity contribution in [3.8, 4) is 5.75 Å². The van der Waals surface area contributed by atoms with Gasteiger partial charge in [-0.3, -0.25) is 4.79 Å². The maximum Gasteiger partial charge on any atom is 0.328 e. The lowest BCUT2D eigenvalue weighted by Crippen LogP contribution is -2.47. The van der Waals surface area contributed by atoms with Crippen LogP contribution in [0.4, 0.5) is 0 Å². The van der Waals surface area contributed by atoms with Gasteiger partial charge in [-0.15, -0.1) is 0 Å². The number of benzene rings is 1. The van der Waals surface area contributed by atoms with Crippen molar-refractivity contribution in [2.24, 2.45) is 0 Å². The zero-order valence-electron chi connectivity index (χ0n) is 23.9. The van der Waals surface area contributed by atoms with Gasteiger partial charge in [-0.05, 0) is 51.9 Å². The number of aliphatic hydroxyl groups is 1. The van der Waals surface area contributed by atoms with Crippen LogP contribution in [0.25, 0.3) is 0 Å². The molecule has 1 aromatic carbocycles. The van der Waals surface area contributed by atoms with E-state index in [0.29, 0.717) is 32.4 Å². The summed E-state index contributed by atoms with van der Waals surface area (Å²) < 4.78 is 10.2. The number of hydrogen-bond acceptors (Lipinski definition) is 7. The third-order valence-electron chi connectivity index (χ3n) is 5.93. The summed E-state index contributed by atoms with van der Waals surface area (Å²) in [6.07, 6.45) is 11.4. The molecule has 37 heavy (non-hydrogen) atoms. The third-order valence-corrected chi connectivity index (χ3v) is 5.93. The van der Waals surface area contributed by atoms with Crippen LogP contribution in [0.3, 0.4) is 0 Å². The van der Waals surface area contributed by atoms with E-state index in [2.05, 4.69) is 10.1 Å². The number of esters is 1. The lowest BCUT2D eigenvalue weighted by Gasteiger charge is -2.27. The van der Waals surface area contributed by atoms with Gasteiger partial charge in [0.15, 0.2) is 0 Å². The number of carbonyl (C=O) groups is 3. The summed E-state index contributed by atoms with van der Waals surface area (Å²) in [4.78, 5) is 35.0. The molecule has 1 fully saturated rings. The van der Waals surface area contributed by atoms with Crippen molar-refractivity contribution in [2.45, 2.75) is 97.1 Å². The molecule has 1 aliphatic rings. The second kappa shape index (κ2) is 20.6. The molecule has 2 N–H and O–H groups in total. The molecule has 0 heterocycles. The summed E-state index contributed by atoms with van der Waals surface area (Å²) >= 11 is 0. The van der Waals surface area contributed by atoms with Gasteiger partial charge in [0.2, 0.25) is 5.91 Å². The molecule has 0 bridgehead atoms. The second-order valence-corrected chi connectivity index (χ2v) is 9.71. The van der Waals surface area contributed by atoms with Crippen molar-refractivity contribution in [3.05, 3.63) is 29.8 Å². The molecule has 1 aromatic rings.